The van der Waals surface area contributed by atoms with Crippen molar-refractivity contribution in [2.75, 3.05) is 11.4 Å². The second-order valence-corrected chi connectivity index (χ2v) is 5.67. The number of hydrogen-bond acceptors (Lipinski definition) is 3. The molecular formula is C16H17ClFN3. The van der Waals surface area contributed by atoms with E-state index < -0.39 is 0 Å². The van der Waals surface area contributed by atoms with Gasteiger partial charge in [0, 0.05) is 23.7 Å². The zero-order valence-corrected chi connectivity index (χ0v) is 12.9. The van der Waals surface area contributed by atoms with Crippen LogP contribution in [-0.2, 0) is 0 Å². The Morgan fingerprint density at radius 1 is 1.24 bits per heavy atom. The lowest BCUT2D eigenvalue weighted by molar-refractivity contribution is 0.627. The van der Waals surface area contributed by atoms with E-state index in [9.17, 15) is 4.39 Å². The van der Waals surface area contributed by atoms with Crippen LogP contribution in [0, 0.1) is 12.7 Å². The molecule has 0 bridgehead atoms. The van der Waals surface area contributed by atoms with E-state index in [1.807, 2.05) is 18.7 Å². The molecule has 3 nitrogen and oxygen atoms in total. The van der Waals surface area contributed by atoms with E-state index in [0.717, 1.165) is 42.3 Å². The molecule has 0 spiro atoms. The Morgan fingerprint density at radius 3 is 2.48 bits per heavy atom. The minimum absolute atomic E-state index is 0.245. The molecule has 110 valence electrons. The normalized spacial score (nSPS) is 14.3. The van der Waals surface area contributed by atoms with E-state index in [4.69, 9.17) is 16.6 Å². The van der Waals surface area contributed by atoms with Crippen molar-refractivity contribution in [3.63, 3.8) is 0 Å². The number of hydrogen-bond donors (Lipinski definition) is 0. The highest BCUT2D eigenvalue weighted by Gasteiger charge is 2.29. The van der Waals surface area contributed by atoms with E-state index in [2.05, 4.69) is 4.98 Å². The van der Waals surface area contributed by atoms with Crippen LogP contribution in [-0.4, -0.2) is 16.5 Å². The molecule has 1 aliphatic rings. The van der Waals surface area contributed by atoms with Crippen LogP contribution in [0.2, 0.25) is 5.15 Å². The van der Waals surface area contributed by atoms with Crippen LogP contribution in [0.25, 0.3) is 0 Å². The van der Waals surface area contributed by atoms with E-state index in [1.165, 1.54) is 12.1 Å². The molecule has 1 saturated carbocycles. The van der Waals surface area contributed by atoms with Crippen molar-refractivity contribution in [2.24, 2.45) is 0 Å². The second kappa shape index (κ2) is 5.60. The first-order chi connectivity index (χ1) is 10.1. The SMILES string of the molecule is CCN(c1ccc(F)cc1)c1nc(C2CC2)nc(Cl)c1C. The molecule has 0 saturated heterocycles. The van der Waals surface area contributed by atoms with Crippen molar-refractivity contribution in [3.8, 4) is 0 Å². The summed E-state index contributed by atoms with van der Waals surface area (Å²) in [6.07, 6.45) is 2.25. The molecule has 0 aliphatic heterocycles. The molecule has 1 aromatic carbocycles. The molecule has 0 N–H and O–H groups in total. The van der Waals surface area contributed by atoms with E-state index >= 15 is 0 Å². The first-order valence-corrected chi connectivity index (χ1v) is 7.55. The number of anilines is 2. The number of benzene rings is 1. The van der Waals surface area contributed by atoms with Gasteiger partial charge in [0.2, 0.25) is 0 Å². The minimum Gasteiger partial charge on any atom is -0.326 e. The van der Waals surface area contributed by atoms with Crippen LogP contribution >= 0.6 is 11.6 Å². The zero-order chi connectivity index (χ0) is 15.0. The van der Waals surface area contributed by atoms with Gasteiger partial charge in [-0.05, 0) is 51.0 Å². The lowest BCUT2D eigenvalue weighted by atomic mass is 10.2. The average molecular weight is 306 g/mol. The highest BCUT2D eigenvalue weighted by molar-refractivity contribution is 6.30. The summed E-state index contributed by atoms with van der Waals surface area (Å²) in [5.74, 6) is 1.83. The molecule has 1 aliphatic carbocycles. The maximum atomic E-state index is 13.1. The monoisotopic (exact) mass is 305 g/mol. The summed E-state index contributed by atoms with van der Waals surface area (Å²) in [4.78, 5) is 11.1. The Balaban J connectivity index is 2.05. The molecule has 5 heteroatoms. The minimum atomic E-state index is -0.245. The Kier molecular flexibility index (Phi) is 3.81. The molecule has 0 amide bonds. The maximum Gasteiger partial charge on any atom is 0.141 e. The van der Waals surface area contributed by atoms with Gasteiger partial charge in [0.25, 0.3) is 0 Å². The number of nitrogens with zero attached hydrogens (tertiary/aromatic N) is 3. The lowest BCUT2D eigenvalue weighted by Gasteiger charge is -2.24. The summed E-state index contributed by atoms with van der Waals surface area (Å²) in [5.41, 5.74) is 1.76. The van der Waals surface area contributed by atoms with Crippen molar-refractivity contribution in [1.29, 1.82) is 0 Å². The van der Waals surface area contributed by atoms with Crippen molar-refractivity contribution in [3.05, 3.63) is 46.6 Å². The molecule has 21 heavy (non-hydrogen) atoms. The highest BCUT2D eigenvalue weighted by Crippen LogP contribution is 2.40. The second-order valence-electron chi connectivity index (χ2n) is 5.32. The third-order valence-electron chi connectivity index (χ3n) is 3.73. The molecule has 0 radical (unpaired) electrons. The molecule has 1 heterocycles. The predicted molar refractivity (Wildman–Crippen MR) is 82.8 cm³/mol. The summed E-state index contributed by atoms with van der Waals surface area (Å²) < 4.78 is 13.1. The molecule has 1 fully saturated rings. The topological polar surface area (TPSA) is 29.0 Å². The first-order valence-electron chi connectivity index (χ1n) is 7.17. The van der Waals surface area contributed by atoms with Crippen molar-refractivity contribution >= 4 is 23.1 Å². The van der Waals surface area contributed by atoms with Gasteiger partial charge in [0.1, 0.15) is 22.6 Å². The van der Waals surface area contributed by atoms with E-state index in [1.54, 1.807) is 12.1 Å². The highest BCUT2D eigenvalue weighted by atomic mass is 35.5. The van der Waals surface area contributed by atoms with Gasteiger partial charge in [0.15, 0.2) is 0 Å². The largest absolute Gasteiger partial charge is 0.326 e. The maximum absolute atomic E-state index is 13.1. The number of aromatic nitrogens is 2. The molecule has 2 aromatic rings. The summed E-state index contributed by atoms with van der Waals surface area (Å²) in [6.45, 7) is 4.68. The molecule has 0 atom stereocenters. The van der Waals surface area contributed by atoms with Gasteiger partial charge in [-0.1, -0.05) is 11.6 Å². The average Bonchev–Trinajstić information content (AvgIpc) is 3.30. The Labute approximate surface area is 128 Å². The Bertz CT molecular complexity index is 653. The van der Waals surface area contributed by atoms with Crippen molar-refractivity contribution in [1.82, 2.24) is 9.97 Å². The number of halogens is 2. The summed E-state index contributed by atoms with van der Waals surface area (Å²) in [6, 6.07) is 6.42. The Morgan fingerprint density at radius 2 is 1.90 bits per heavy atom. The van der Waals surface area contributed by atoms with Gasteiger partial charge in [-0.2, -0.15) is 0 Å². The third-order valence-corrected chi connectivity index (χ3v) is 4.10. The Hall–Kier alpha value is -1.68. The van der Waals surface area contributed by atoms with Crippen LogP contribution < -0.4 is 4.90 Å². The molecule has 0 unspecified atom stereocenters. The molecule has 3 rings (SSSR count). The fourth-order valence-electron chi connectivity index (χ4n) is 2.36. The van der Waals surface area contributed by atoms with E-state index in [-0.39, 0.29) is 5.82 Å². The summed E-state index contributed by atoms with van der Waals surface area (Å²) in [7, 11) is 0. The van der Waals surface area contributed by atoms with Gasteiger partial charge in [0.05, 0.1) is 0 Å². The van der Waals surface area contributed by atoms with Gasteiger partial charge < -0.3 is 4.90 Å². The number of rotatable bonds is 4. The van der Waals surface area contributed by atoms with Crippen LogP contribution in [0.15, 0.2) is 24.3 Å². The standard InChI is InChI=1S/C16H17ClFN3/c1-3-21(13-8-6-12(18)7-9-13)16-10(2)14(17)19-15(20-16)11-4-5-11/h6-9,11H,3-5H2,1-2H3. The van der Waals surface area contributed by atoms with E-state index in [0.29, 0.717) is 11.1 Å². The fourth-order valence-corrected chi connectivity index (χ4v) is 2.53. The van der Waals surface area contributed by atoms with Crippen LogP contribution in [0.3, 0.4) is 0 Å². The molecule has 1 aromatic heterocycles. The fraction of sp³-hybridized carbons (Fsp3) is 0.375. The third kappa shape index (κ3) is 2.86. The van der Waals surface area contributed by atoms with Gasteiger partial charge in [-0.15, -0.1) is 0 Å². The first kappa shape index (κ1) is 14.3. The van der Waals surface area contributed by atoms with Crippen LogP contribution in [0.1, 0.15) is 37.1 Å². The zero-order valence-electron chi connectivity index (χ0n) is 12.1. The summed E-state index contributed by atoms with van der Waals surface area (Å²) >= 11 is 6.27. The van der Waals surface area contributed by atoms with Crippen molar-refractivity contribution in [2.45, 2.75) is 32.6 Å². The van der Waals surface area contributed by atoms with Crippen molar-refractivity contribution < 1.29 is 4.39 Å². The predicted octanol–water partition coefficient (Wildman–Crippen LogP) is 4.61. The lowest BCUT2D eigenvalue weighted by Crippen LogP contribution is -2.20. The van der Waals surface area contributed by atoms with Gasteiger partial charge in [-0.3, -0.25) is 0 Å². The van der Waals surface area contributed by atoms with Gasteiger partial charge in [-0.25, -0.2) is 14.4 Å². The van der Waals surface area contributed by atoms with Crippen LogP contribution in [0.5, 0.6) is 0 Å². The quantitative estimate of drug-likeness (QED) is 0.772. The smallest absolute Gasteiger partial charge is 0.141 e. The molecular weight excluding hydrogens is 289 g/mol. The van der Waals surface area contributed by atoms with Crippen LogP contribution in [0.4, 0.5) is 15.9 Å². The summed E-state index contributed by atoms with van der Waals surface area (Å²) in [5, 5.41) is 0.502. The van der Waals surface area contributed by atoms with Gasteiger partial charge >= 0.3 is 0 Å².